The Hall–Kier alpha value is -2.50. The topological polar surface area (TPSA) is 75.8 Å². The summed E-state index contributed by atoms with van der Waals surface area (Å²) in [7, 11) is 0. The molecule has 3 aromatic rings. The van der Waals surface area contributed by atoms with Crippen molar-refractivity contribution in [2.45, 2.75) is 26.6 Å². The molecule has 0 aliphatic carbocycles. The summed E-state index contributed by atoms with van der Waals surface area (Å²) in [5.41, 5.74) is 1.53. The number of benzene rings is 1. The minimum absolute atomic E-state index is 0. The molecule has 7 nitrogen and oxygen atoms in total. The van der Waals surface area contributed by atoms with E-state index >= 15 is 0 Å². The highest BCUT2D eigenvalue weighted by Crippen LogP contribution is 2.16. The van der Waals surface area contributed by atoms with Gasteiger partial charge >= 0.3 is 6.61 Å². The van der Waals surface area contributed by atoms with E-state index in [0.29, 0.717) is 25.6 Å². The van der Waals surface area contributed by atoms with Crippen molar-refractivity contribution in [1.29, 1.82) is 0 Å². The molecule has 0 saturated carbocycles. The number of aromatic nitrogens is 3. The summed E-state index contributed by atoms with van der Waals surface area (Å²) in [5.74, 6) is 1.46. The average Bonchev–Trinajstić information content (AvgIpc) is 3.07. The first-order chi connectivity index (χ1) is 13.2. The maximum atomic E-state index is 12.3. The fraction of sp³-hybridized carbons (Fsp3) is 0.278. The zero-order chi connectivity index (χ0) is 19.1. The number of pyridine rings is 1. The Kier molecular flexibility index (Phi) is 8.36. The lowest BCUT2D eigenvalue weighted by Crippen LogP contribution is -2.37. The minimum Gasteiger partial charge on any atom is -0.435 e. The van der Waals surface area contributed by atoms with Gasteiger partial charge in [-0.25, -0.2) is 4.99 Å². The Labute approximate surface area is 178 Å². The van der Waals surface area contributed by atoms with Crippen LogP contribution in [0.4, 0.5) is 8.78 Å². The molecule has 0 aliphatic heterocycles. The van der Waals surface area contributed by atoms with E-state index in [1.54, 1.807) is 18.2 Å². The van der Waals surface area contributed by atoms with Crippen LogP contribution in [0.25, 0.3) is 5.65 Å². The van der Waals surface area contributed by atoms with Crippen LogP contribution in [0.5, 0.6) is 5.75 Å². The average molecular weight is 502 g/mol. The first-order valence-electron chi connectivity index (χ1n) is 8.50. The van der Waals surface area contributed by atoms with Gasteiger partial charge in [0.15, 0.2) is 17.4 Å². The van der Waals surface area contributed by atoms with Crippen LogP contribution >= 0.6 is 24.0 Å². The largest absolute Gasteiger partial charge is 0.435 e. The normalized spacial score (nSPS) is 11.4. The molecular weight excluding hydrogens is 481 g/mol. The third-order valence-corrected chi connectivity index (χ3v) is 3.69. The number of hydrogen-bond acceptors (Lipinski definition) is 4. The number of aliphatic imine (C=N–C) groups is 1. The molecule has 0 bridgehead atoms. The van der Waals surface area contributed by atoms with Gasteiger partial charge in [-0.3, -0.25) is 4.40 Å². The lowest BCUT2D eigenvalue weighted by molar-refractivity contribution is -0.0498. The highest BCUT2D eigenvalue weighted by molar-refractivity contribution is 14.0. The SMILES string of the molecule is CCNC(=NCc1cccc(OC(F)F)c1)NCc1nnc2ccccn12.I. The summed E-state index contributed by atoms with van der Waals surface area (Å²) >= 11 is 0. The van der Waals surface area contributed by atoms with Crippen LogP contribution in [0.2, 0.25) is 0 Å². The van der Waals surface area contributed by atoms with Gasteiger partial charge in [-0.1, -0.05) is 18.2 Å². The summed E-state index contributed by atoms with van der Waals surface area (Å²) in [6, 6.07) is 12.2. The summed E-state index contributed by atoms with van der Waals surface area (Å²) in [4.78, 5) is 4.48. The van der Waals surface area contributed by atoms with Gasteiger partial charge in [-0.15, -0.1) is 34.2 Å². The van der Waals surface area contributed by atoms with Gasteiger partial charge in [-0.2, -0.15) is 8.78 Å². The number of fused-ring (bicyclic) bond motifs is 1. The van der Waals surface area contributed by atoms with Crippen molar-refractivity contribution in [2.75, 3.05) is 6.54 Å². The van der Waals surface area contributed by atoms with E-state index in [4.69, 9.17) is 0 Å². The van der Waals surface area contributed by atoms with Gasteiger partial charge < -0.3 is 15.4 Å². The third-order valence-electron chi connectivity index (χ3n) is 3.69. The Morgan fingerprint density at radius 3 is 2.82 bits per heavy atom. The van der Waals surface area contributed by atoms with E-state index in [0.717, 1.165) is 17.0 Å². The molecule has 0 saturated heterocycles. The van der Waals surface area contributed by atoms with E-state index in [1.165, 1.54) is 6.07 Å². The first kappa shape index (κ1) is 21.8. The maximum Gasteiger partial charge on any atom is 0.387 e. The lowest BCUT2D eigenvalue weighted by atomic mass is 10.2. The number of halogens is 3. The quantitative estimate of drug-likeness (QED) is 0.295. The molecule has 2 N–H and O–H groups in total. The number of alkyl halides is 2. The molecule has 0 unspecified atom stereocenters. The molecule has 2 aromatic heterocycles. The Morgan fingerprint density at radius 2 is 2.04 bits per heavy atom. The minimum atomic E-state index is -2.85. The summed E-state index contributed by atoms with van der Waals surface area (Å²) < 4.78 is 31.0. The molecule has 0 fully saturated rings. The third kappa shape index (κ3) is 6.01. The summed E-state index contributed by atoms with van der Waals surface area (Å²) in [6.07, 6.45) is 1.89. The van der Waals surface area contributed by atoms with Crippen LogP contribution in [0.3, 0.4) is 0 Å². The van der Waals surface area contributed by atoms with Crippen LogP contribution in [0.1, 0.15) is 18.3 Å². The van der Waals surface area contributed by atoms with Crippen LogP contribution in [-0.2, 0) is 13.1 Å². The zero-order valence-electron chi connectivity index (χ0n) is 15.2. The lowest BCUT2D eigenvalue weighted by Gasteiger charge is -2.11. The standard InChI is InChI=1S/C18H20F2N6O.HI/c1-2-21-18(22-11-13-6-5-7-14(10-13)27-17(19)20)23-12-16-25-24-15-8-3-4-9-26(15)16;/h3-10,17H,2,11-12H2,1H3,(H2,21,22,23);1H. The number of ether oxygens (including phenoxy) is 1. The Morgan fingerprint density at radius 1 is 1.18 bits per heavy atom. The number of guanidine groups is 1. The number of hydrogen-bond donors (Lipinski definition) is 2. The smallest absolute Gasteiger partial charge is 0.387 e. The van der Waals surface area contributed by atoms with Crippen molar-refractivity contribution >= 4 is 35.6 Å². The van der Waals surface area contributed by atoms with Crippen molar-refractivity contribution in [3.05, 3.63) is 60.0 Å². The predicted molar refractivity (Wildman–Crippen MR) is 113 cm³/mol. The highest BCUT2D eigenvalue weighted by Gasteiger charge is 2.07. The van der Waals surface area contributed by atoms with Gasteiger partial charge in [0.25, 0.3) is 0 Å². The molecule has 28 heavy (non-hydrogen) atoms. The predicted octanol–water partition coefficient (Wildman–Crippen LogP) is 3.20. The molecule has 0 amide bonds. The molecular formula is C18H21F2IN6O. The van der Waals surface area contributed by atoms with Gasteiger partial charge in [-0.05, 0) is 36.8 Å². The molecule has 10 heteroatoms. The van der Waals surface area contributed by atoms with Crippen molar-refractivity contribution in [3.8, 4) is 5.75 Å². The maximum absolute atomic E-state index is 12.3. The monoisotopic (exact) mass is 502 g/mol. The van der Waals surface area contributed by atoms with Crippen molar-refractivity contribution in [2.24, 2.45) is 4.99 Å². The second-order valence-corrected chi connectivity index (χ2v) is 5.62. The van der Waals surface area contributed by atoms with Crippen LogP contribution < -0.4 is 15.4 Å². The van der Waals surface area contributed by atoms with Crippen LogP contribution in [0, 0.1) is 0 Å². The van der Waals surface area contributed by atoms with Gasteiger partial charge in [0.2, 0.25) is 0 Å². The fourth-order valence-corrected chi connectivity index (χ4v) is 2.51. The van der Waals surface area contributed by atoms with E-state index in [-0.39, 0.29) is 29.7 Å². The Bertz CT molecular complexity index is 918. The highest BCUT2D eigenvalue weighted by atomic mass is 127. The van der Waals surface area contributed by atoms with Crippen molar-refractivity contribution in [1.82, 2.24) is 25.2 Å². The molecule has 2 heterocycles. The molecule has 1 aromatic carbocycles. The second kappa shape index (κ2) is 10.7. The van der Waals surface area contributed by atoms with Crippen molar-refractivity contribution < 1.29 is 13.5 Å². The number of nitrogens with zero attached hydrogens (tertiary/aromatic N) is 4. The molecule has 0 aliphatic rings. The first-order valence-corrected chi connectivity index (χ1v) is 8.50. The van der Waals surface area contributed by atoms with Crippen molar-refractivity contribution in [3.63, 3.8) is 0 Å². The number of rotatable bonds is 7. The Balaban J connectivity index is 0.00000280. The summed E-state index contributed by atoms with van der Waals surface area (Å²) in [5, 5.41) is 14.6. The van der Waals surface area contributed by atoms with Crippen LogP contribution in [0.15, 0.2) is 53.7 Å². The number of nitrogens with one attached hydrogen (secondary N) is 2. The molecule has 0 radical (unpaired) electrons. The van der Waals surface area contributed by atoms with E-state index in [9.17, 15) is 8.78 Å². The van der Waals surface area contributed by atoms with Gasteiger partial charge in [0.1, 0.15) is 5.75 Å². The zero-order valence-corrected chi connectivity index (χ0v) is 17.5. The van der Waals surface area contributed by atoms with Gasteiger partial charge in [0.05, 0.1) is 13.1 Å². The van der Waals surface area contributed by atoms with E-state index in [2.05, 4.69) is 30.6 Å². The fourth-order valence-electron chi connectivity index (χ4n) is 2.51. The van der Waals surface area contributed by atoms with Crippen LogP contribution in [-0.4, -0.2) is 33.7 Å². The molecule has 3 rings (SSSR count). The summed E-state index contributed by atoms with van der Waals surface area (Å²) in [6.45, 7) is 0.546. The van der Waals surface area contributed by atoms with E-state index in [1.807, 2.05) is 35.7 Å². The van der Waals surface area contributed by atoms with E-state index < -0.39 is 6.61 Å². The molecule has 0 spiro atoms. The molecule has 0 atom stereocenters. The second-order valence-electron chi connectivity index (χ2n) is 5.62. The van der Waals surface area contributed by atoms with Gasteiger partial charge in [0, 0.05) is 12.7 Å². The molecule has 150 valence electrons.